The van der Waals surface area contributed by atoms with E-state index in [2.05, 4.69) is 89.3 Å². The highest BCUT2D eigenvalue weighted by Crippen LogP contribution is 2.23. The maximum atomic E-state index is 12.4. The Morgan fingerprint density at radius 3 is 2.19 bits per heavy atom. The van der Waals surface area contributed by atoms with E-state index in [1.54, 1.807) is 0 Å². The Morgan fingerprint density at radius 1 is 1.00 bits per heavy atom. The highest BCUT2D eigenvalue weighted by Gasteiger charge is 2.15. The van der Waals surface area contributed by atoms with Gasteiger partial charge in [-0.2, -0.15) is 0 Å². The zero-order chi connectivity index (χ0) is 19.3. The van der Waals surface area contributed by atoms with E-state index in [0.29, 0.717) is 6.42 Å². The molecule has 0 spiro atoms. The van der Waals surface area contributed by atoms with Crippen LogP contribution in [0.2, 0.25) is 0 Å². The average molecular weight is 352 g/mol. The molecule has 0 bridgehead atoms. The first-order chi connectivity index (χ1) is 12.2. The van der Waals surface area contributed by atoms with Gasteiger partial charge in [0.1, 0.15) is 0 Å². The predicted octanol–water partition coefficient (Wildman–Crippen LogP) is 5.80. The zero-order valence-electron chi connectivity index (χ0n) is 17.1. The summed E-state index contributed by atoms with van der Waals surface area (Å²) in [4.78, 5) is 12.4. The summed E-state index contributed by atoms with van der Waals surface area (Å²) in [6.45, 7) is 13.0. The molecule has 0 fully saturated rings. The Morgan fingerprint density at radius 2 is 1.65 bits per heavy atom. The van der Waals surface area contributed by atoms with Gasteiger partial charge >= 0.3 is 0 Å². The molecule has 1 N–H and O–H groups in total. The number of nitrogens with one attached hydrogen (secondary N) is 1. The van der Waals surface area contributed by atoms with Crippen LogP contribution >= 0.6 is 0 Å². The number of carbonyl (C=O) groups excluding carboxylic acids is 1. The SMILES string of the molecule is CC[C@H](NC(=O)CCc1ccc(C(C)(C)C)cc1)c1ccc(C)c(C)c1. The Kier molecular flexibility index (Phi) is 6.63. The van der Waals surface area contributed by atoms with Crippen molar-refractivity contribution in [2.45, 2.75) is 72.3 Å². The summed E-state index contributed by atoms with van der Waals surface area (Å²) in [5, 5.41) is 3.20. The summed E-state index contributed by atoms with van der Waals surface area (Å²) in [7, 11) is 0. The Bertz CT molecular complexity index is 738. The van der Waals surface area contributed by atoms with E-state index < -0.39 is 0 Å². The van der Waals surface area contributed by atoms with Gasteiger partial charge in [0, 0.05) is 6.42 Å². The molecule has 2 aromatic carbocycles. The summed E-state index contributed by atoms with van der Waals surface area (Å²) in [6, 6.07) is 15.2. The van der Waals surface area contributed by atoms with E-state index in [-0.39, 0.29) is 17.4 Å². The van der Waals surface area contributed by atoms with Crippen molar-refractivity contribution in [2.24, 2.45) is 0 Å². The first-order valence-corrected chi connectivity index (χ1v) is 9.66. The molecule has 0 aliphatic heterocycles. The van der Waals surface area contributed by atoms with Gasteiger partial charge < -0.3 is 5.32 Å². The van der Waals surface area contributed by atoms with Gasteiger partial charge in [-0.15, -0.1) is 0 Å². The minimum absolute atomic E-state index is 0.0880. The first-order valence-electron chi connectivity index (χ1n) is 9.66. The van der Waals surface area contributed by atoms with Gasteiger partial charge in [0.25, 0.3) is 0 Å². The second-order valence-electron chi connectivity index (χ2n) is 8.32. The molecule has 26 heavy (non-hydrogen) atoms. The fourth-order valence-electron chi connectivity index (χ4n) is 3.10. The lowest BCUT2D eigenvalue weighted by atomic mass is 9.86. The molecular weight excluding hydrogens is 318 g/mol. The molecule has 0 radical (unpaired) electrons. The van der Waals surface area contributed by atoms with Crippen molar-refractivity contribution in [2.75, 3.05) is 0 Å². The number of carbonyl (C=O) groups is 1. The van der Waals surface area contributed by atoms with Gasteiger partial charge in [0.2, 0.25) is 5.91 Å². The number of amides is 1. The minimum Gasteiger partial charge on any atom is -0.349 e. The van der Waals surface area contributed by atoms with Gasteiger partial charge in [-0.1, -0.05) is 70.2 Å². The molecule has 0 saturated heterocycles. The lowest BCUT2D eigenvalue weighted by Crippen LogP contribution is -2.28. The Balaban J connectivity index is 1.93. The third kappa shape index (κ3) is 5.45. The molecule has 0 heterocycles. The normalized spacial score (nSPS) is 12.7. The van der Waals surface area contributed by atoms with Crippen LogP contribution in [0.5, 0.6) is 0 Å². The van der Waals surface area contributed by atoms with E-state index >= 15 is 0 Å². The van der Waals surface area contributed by atoms with Crippen LogP contribution in [0.1, 0.15) is 74.4 Å². The topological polar surface area (TPSA) is 29.1 Å². The number of aryl methyl sites for hydroxylation is 3. The quantitative estimate of drug-likeness (QED) is 0.700. The molecule has 0 unspecified atom stereocenters. The van der Waals surface area contributed by atoms with Gasteiger partial charge in [-0.25, -0.2) is 0 Å². The van der Waals surface area contributed by atoms with E-state index in [9.17, 15) is 4.79 Å². The second kappa shape index (κ2) is 8.53. The zero-order valence-corrected chi connectivity index (χ0v) is 17.1. The van der Waals surface area contributed by atoms with Crippen LogP contribution in [0, 0.1) is 13.8 Å². The third-order valence-corrected chi connectivity index (χ3v) is 5.14. The van der Waals surface area contributed by atoms with Crippen molar-refractivity contribution in [3.63, 3.8) is 0 Å². The number of benzene rings is 2. The second-order valence-corrected chi connectivity index (χ2v) is 8.32. The fourth-order valence-corrected chi connectivity index (χ4v) is 3.10. The van der Waals surface area contributed by atoms with Gasteiger partial charge in [-0.05, 0) is 59.9 Å². The molecule has 1 amide bonds. The van der Waals surface area contributed by atoms with Gasteiger partial charge in [-0.3, -0.25) is 4.79 Å². The lowest BCUT2D eigenvalue weighted by molar-refractivity contribution is -0.121. The summed E-state index contributed by atoms with van der Waals surface area (Å²) in [5.41, 5.74) is 6.45. The molecule has 140 valence electrons. The van der Waals surface area contributed by atoms with Crippen molar-refractivity contribution in [1.82, 2.24) is 5.32 Å². The highest BCUT2D eigenvalue weighted by molar-refractivity contribution is 5.76. The molecule has 0 aliphatic carbocycles. The predicted molar refractivity (Wildman–Crippen MR) is 111 cm³/mol. The van der Waals surface area contributed by atoms with Gasteiger partial charge in [0.15, 0.2) is 0 Å². The maximum Gasteiger partial charge on any atom is 0.220 e. The Hall–Kier alpha value is -2.09. The van der Waals surface area contributed by atoms with E-state index in [0.717, 1.165) is 12.8 Å². The standard InChI is InChI=1S/C24H33NO/c1-7-22(20-12-8-17(2)18(3)16-20)25-23(26)15-11-19-9-13-21(14-10-19)24(4,5)6/h8-10,12-14,16,22H,7,11,15H2,1-6H3,(H,25,26)/t22-/m0/s1. The number of hydrogen-bond acceptors (Lipinski definition) is 1. The summed E-state index contributed by atoms with van der Waals surface area (Å²) in [5.74, 6) is 0.120. The molecule has 0 aliphatic rings. The van der Waals surface area contributed by atoms with E-state index in [4.69, 9.17) is 0 Å². The third-order valence-electron chi connectivity index (χ3n) is 5.14. The van der Waals surface area contributed by atoms with Crippen LogP contribution < -0.4 is 5.32 Å². The molecule has 2 aromatic rings. The molecule has 0 saturated carbocycles. The van der Waals surface area contributed by atoms with E-state index in [1.165, 1.54) is 27.8 Å². The largest absolute Gasteiger partial charge is 0.349 e. The van der Waals surface area contributed by atoms with Crippen LogP contribution in [0.4, 0.5) is 0 Å². The lowest BCUT2D eigenvalue weighted by Gasteiger charge is -2.20. The molecular formula is C24H33NO. The van der Waals surface area contributed by atoms with Crippen LogP contribution in [0.3, 0.4) is 0 Å². The summed E-state index contributed by atoms with van der Waals surface area (Å²) >= 11 is 0. The molecule has 1 atom stereocenters. The highest BCUT2D eigenvalue weighted by atomic mass is 16.1. The summed E-state index contributed by atoms with van der Waals surface area (Å²) in [6.07, 6.45) is 2.20. The first kappa shape index (κ1) is 20.2. The monoisotopic (exact) mass is 351 g/mol. The smallest absolute Gasteiger partial charge is 0.220 e. The Labute approximate surface area is 159 Å². The van der Waals surface area contributed by atoms with Crippen molar-refractivity contribution in [3.8, 4) is 0 Å². The van der Waals surface area contributed by atoms with Crippen LogP contribution in [-0.4, -0.2) is 5.91 Å². The molecule has 2 heteroatoms. The molecule has 2 nitrogen and oxygen atoms in total. The van der Waals surface area contributed by atoms with Gasteiger partial charge in [0.05, 0.1) is 6.04 Å². The minimum atomic E-state index is 0.0880. The van der Waals surface area contributed by atoms with Crippen LogP contribution in [-0.2, 0) is 16.6 Å². The summed E-state index contributed by atoms with van der Waals surface area (Å²) < 4.78 is 0. The average Bonchev–Trinajstić information content (AvgIpc) is 2.60. The number of hydrogen-bond donors (Lipinski definition) is 1. The van der Waals surface area contributed by atoms with Crippen molar-refractivity contribution in [1.29, 1.82) is 0 Å². The maximum absolute atomic E-state index is 12.4. The molecule has 2 rings (SSSR count). The fraction of sp³-hybridized carbons (Fsp3) is 0.458. The van der Waals surface area contributed by atoms with Crippen molar-refractivity contribution < 1.29 is 4.79 Å². The van der Waals surface area contributed by atoms with Crippen LogP contribution in [0.25, 0.3) is 0 Å². The molecule has 0 aromatic heterocycles. The van der Waals surface area contributed by atoms with Crippen molar-refractivity contribution >= 4 is 5.91 Å². The van der Waals surface area contributed by atoms with E-state index in [1.807, 2.05) is 0 Å². The van der Waals surface area contributed by atoms with Crippen molar-refractivity contribution in [3.05, 3.63) is 70.3 Å². The number of rotatable bonds is 6. The van der Waals surface area contributed by atoms with Crippen LogP contribution in [0.15, 0.2) is 42.5 Å².